The highest BCUT2D eigenvalue weighted by molar-refractivity contribution is 5.45. The largest absolute Gasteiger partial charge is 0.183 e. The van der Waals surface area contributed by atoms with E-state index in [4.69, 9.17) is 11.5 Å². The lowest BCUT2D eigenvalue weighted by atomic mass is 10.2. The van der Waals surface area contributed by atoms with Crippen LogP contribution in [0.25, 0.3) is 0 Å². The lowest BCUT2D eigenvalue weighted by molar-refractivity contribution is -0.265. The maximum absolute atomic E-state index is 5.44. The second-order valence-corrected chi connectivity index (χ2v) is 2.01. The van der Waals surface area contributed by atoms with Gasteiger partial charge in [-0.25, -0.2) is 0 Å². The van der Waals surface area contributed by atoms with Crippen molar-refractivity contribution in [2.45, 2.75) is 0 Å². The van der Waals surface area contributed by atoms with Gasteiger partial charge in [-0.05, 0) is 12.5 Å². The van der Waals surface area contributed by atoms with Crippen molar-refractivity contribution in [1.29, 1.82) is 0 Å². The van der Waals surface area contributed by atoms with Gasteiger partial charge in [-0.3, -0.25) is 0 Å². The van der Waals surface area contributed by atoms with Crippen molar-refractivity contribution in [3.05, 3.63) is 30.7 Å². The molecule has 1 aromatic rings. The maximum atomic E-state index is 5.44. The fraction of sp³-hybridized carbons (Fsp3) is 0. The first kappa shape index (κ1) is 6.26. The van der Waals surface area contributed by atoms with E-state index in [0.717, 1.165) is 5.56 Å². The van der Waals surface area contributed by atoms with Gasteiger partial charge in [0.2, 0.25) is 0 Å². The van der Waals surface area contributed by atoms with Gasteiger partial charge in [-0.1, -0.05) is 0 Å². The summed E-state index contributed by atoms with van der Waals surface area (Å²) in [6.07, 6.45) is 0. The molecule has 0 spiro atoms. The first-order chi connectivity index (χ1) is 4.18. The molecule has 45 valence electrons. The van der Waals surface area contributed by atoms with Gasteiger partial charge in [0.1, 0.15) is 0 Å². The molecule has 0 aliphatic heterocycles. The van der Waals surface area contributed by atoms with Crippen molar-refractivity contribution in [3.63, 3.8) is 0 Å². The highest BCUT2D eigenvalue weighted by Crippen LogP contribution is 2.08. The third-order valence-corrected chi connectivity index (χ3v) is 1.04. The molecule has 0 fully saturated rings. The topological polar surface area (TPSA) is 50.6 Å². The minimum atomic E-state index is 0.667. The van der Waals surface area contributed by atoms with E-state index < -0.39 is 0 Å². The molecule has 2 heteroatoms. The Balaban J connectivity index is 3.17. The molecule has 0 amide bonds. The highest BCUT2D eigenvalue weighted by atomic mass is 14.6. The minimum Gasteiger partial charge on any atom is -0.160 e. The fourth-order valence-electron chi connectivity index (χ4n) is 0.746. The minimum absolute atomic E-state index is 0.667. The van der Waals surface area contributed by atoms with Gasteiger partial charge in [0.15, 0.2) is 11.4 Å². The molecule has 0 aromatic heterocycles. The molecule has 0 bridgehead atoms. The van der Waals surface area contributed by atoms with Crippen molar-refractivity contribution in [3.8, 4) is 0 Å². The van der Waals surface area contributed by atoms with Gasteiger partial charge >= 0.3 is 0 Å². The van der Waals surface area contributed by atoms with E-state index in [1.54, 1.807) is 18.2 Å². The number of rotatable bonds is 0. The van der Waals surface area contributed by atoms with Gasteiger partial charge < -0.3 is 0 Å². The standard InChI is InChI=1S/C7H9N2/c1-5-2-6(8)4-7(9)3-5/h2-4H,1,8-9H2/q+2. The summed E-state index contributed by atoms with van der Waals surface area (Å²) in [5.74, 6) is 0. The molecule has 0 saturated carbocycles. The van der Waals surface area contributed by atoms with Crippen molar-refractivity contribution in [1.82, 2.24) is 0 Å². The molecule has 1 aromatic carbocycles. The Bertz CT molecular complexity index is 168. The third-order valence-electron chi connectivity index (χ3n) is 1.04. The molecule has 0 heterocycles. The van der Waals surface area contributed by atoms with Crippen molar-refractivity contribution in [2.24, 2.45) is 0 Å². The van der Waals surface area contributed by atoms with E-state index in [9.17, 15) is 0 Å². The van der Waals surface area contributed by atoms with Crippen LogP contribution in [0.2, 0.25) is 0 Å². The summed E-state index contributed by atoms with van der Waals surface area (Å²) in [7, 11) is 0. The summed E-state index contributed by atoms with van der Waals surface area (Å²) in [6.45, 7) is 3.68. The number of hydrogen-bond acceptors (Lipinski definition) is 2. The maximum Gasteiger partial charge on any atom is 0.183 e. The molecule has 9 heavy (non-hydrogen) atoms. The molecular weight excluding hydrogens is 112 g/mol. The summed E-state index contributed by atoms with van der Waals surface area (Å²) in [5.41, 5.74) is 13.1. The van der Waals surface area contributed by atoms with E-state index >= 15 is 0 Å². The Morgan fingerprint density at radius 1 is 1.00 bits per heavy atom. The third kappa shape index (κ3) is 1.52. The average Bonchev–Trinajstić information content (AvgIpc) is 1.59. The summed E-state index contributed by atoms with van der Waals surface area (Å²) >= 11 is 0. The highest BCUT2D eigenvalue weighted by Gasteiger charge is 1.98. The van der Waals surface area contributed by atoms with Crippen LogP contribution in [0, 0.1) is 6.92 Å². The van der Waals surface area contributed by atoms with Gasteiger partial charge in [0.25, 0.3) is 0 Å². The first-order valence-electron chi connectivity index (χ1n) is 2.66. The number of nitrogen functional groups attached to an aromatic ring is 2. The van der Waals surface area contributed by atoms with Crippen molar-refractivity contribution >= 4 is 11.4 Å². The molecule has 0 atom stereocenters. The van der Waals surface area contributed by atoms with Crippen molar-refractivity contribution in [2.75, 3.05) is 0 Å². The lowest BCUT2D eigenvalue weighted by Crippen LogP contribution is -2.44. The number of hydrogen-bond donors (Lipinski definition) is 2. The van der Waals surface area contributed by atoms with E-state index in [2.05, 4.69) is 6.92 Å². The van der Waals surface area contributed by atoms with Crippen LogP contribution in [0.4, 0.5) is 11.4 Å². The molecule has 0 saturated heterocycles. The molecular formula is C7H9N2+2. The van der Waals surface area contributed by atoms with Gasteiger partial charge in [0.05, 0.1) is 6.07 Å². The summed E-state index contributed by atoms with van der Waals surface area (Å²) in [6, 6.07) is 5.25. The smallest absolute Gasteiger partial charge is 0.160 e. The quantitative estimate of drug-likeness (QED) is 0.422. The van der Waals surface area contributed by atoms with Crippen LogP contribution < -0.4 is 11.5 Å². The predicted molar refractivity (Wildman–Crippen MR) is 34.1 cm³/mol. The number of benzene rings is 1. The van der Waals surface area contributed by atoms with E-state index in [0.29, 0.717) is 11.4 Å². The van der Waals surface area contributed by atoms with E-state index in [-0.39, 0.29) is 0 Å². The Kier molecular flexibility index (Phi) is 1.51. The molecule has 0 aliphatic rings. The molecule has 4 N–H and O–H groups in total. The second-order valence-electron chi connectivity index (χ2n) is 2.01. The molecule has 0 unspecified atom stereocenters. The van der Waals surface area contributed by atoms with Crippen LogP contribution in [-0.2, 0) is 0 Å². The summed E-state index contributed by atoms with van der Waals surface area (Å²) < 4.78 is 0. The number of nitrogens with two attached hydrogens (primary N) is 2. The zero-order chi connectivity index (χ0) is 6.85. The van der Waals surface area contributed by atoms with Crippen LogP contribution in [0.15, 0.2) is 18.2 Å². The van der Waals surface area contributed by atoms with Crippen LogP contribution in [0.3, 0.4) is 0 Å². The SMILES string of the molecule is [CH2]c1cc([NH2+])cc([NH2+])c1. The molecule has 2 nitrogen and oxygen atoms in total. The Labute approximate surface area is 54.5 Å². The summed E-state index contributed by atoms with van der Waals surface area (Å²) in [5, 5.41) is 0. The van der Waals surface area contributed by atoms with Gasteiger partial charge in [-0.2, -0.15) is 11.5 Å². The van der Waals surface area contributed by atoms with Crippen LogP contribution in [-0.4, -0.2) is 0 Å². The molecule has 0 aliphatic carbocycles. The Hall–Kier alpha value is -0.860. The van der Waals surface area contributed by atoms with Crippen LogP contribution >= 0.6 is 0 Å². The fourth-order valence-corrected chi connectivity index (χ4v) is 0.746. The zero-order valence-electron chi connectivity index (χ0n) is 5.09. The predicted octanol–water partition coefficient (Wildman–Crippen LogP) is -0.813. The Morgan fingerprint density at radius 2 is 1.44 bits per heavy atom. The normalized spacial score (nSPS) is 9.67. The molecule has 1 rings (SSSR count). The van der Waals surface area contributed by atoms with Crippen molar-refractivity contribution < 1.29 is 11.5 Å². The Morgan fingerprint density at radius 3 is 1.78 bits per heavy atom. The first-order valence-corrected chi connectivity index (χ1v) is 2.66. The second kappa shape index (κ2) is 2.17. The zero-order valence-corrected chi connectivity index (χ0v) is 5.09. The van der Waals surface area contributed by atoms with Gasteiger partial charge in [-0.15, -0.1) is 0 Å². The average molecular weight is 121 g/mol. The summed E-state index contributed by atoms with van der Waals surface area (Å²) in [4.78, 5) is 0. The molecule has 3 radical (unpaired) electrons. The lowest BCUT2D eigenvalue weighted by Gasteiger charge is -1.87. The number of anilines is 2. The van der Waals surface area contributed by atoms with Crippen LogP contribution in [0.1, 0.15) is 5.56 Å². The van der Waals surface area contributed by atoms with Gasteiger partial charge in [0, 0.05) is 12.1 Å². The van der Waals surface area contributed by atoms with Crippen LogP contribution in [0.5, 0.6) is 0 Å². The van der Waals surface area contributed by atoms with E-state index in [1.807, 2.05) is 0 Å². The van der Waals surface area contributed by atoms with E-state index in [1.165, 1.54) is 0 Å². The monoisotopic (exact) mass is 121 g/mol.